The molecule has 2 heterocycles. The van der Waals surface area contributed by atoms with E-state index in [1.807, 2.05) is 0 Å². The molecule has 1 fully saturated rings. The summed E-state index contributed by atoms with van der Waals surface area (Å²) in [5.41, 5.74) is 8.49. The van der Waals surface area contributed by atoms with E-state index >= 15 is 0 Å². The molecule has 2 amide bonds. The molecular formula is C13H21N4OS+. The molecule has 0 bridgehead atoms. The lowest BCUT2D eigenvalue weighted by molar-refractivity contribution is -0.913. The summed E-state index contributed by atoms with van der Waals surface area (Å²) in [5, 5.41) is 5.94. The Morgan fingerprint density at radius 2 is 2.16 bits per heavy atom. The van der Waals surface area contributed by atoms with Gasteiger partial charge in [-0.3, -0.25) is 0 Å². The highest BCUT2D eigenvalue weighted by Crippen LogP contribution is 2.12. The van der Waals surface area contributed by atoms with Crippen molar-refractivity contribution in [3.8, 4) is 0 Å². The number of nitrogens with one attached hydrogen (secondary N) is 2. The van der Waals surface area contributed by atoms with Crippen molar-refractivity contribution in [2.75, 3.05) is 13.1 Å². The van der Waals surface area contributed by atoms with Crippen molar-refractivity contribution in [2.45, 2.75) is 32.2 Å². The Balaban J connectivity index is 1.85. The lowest BCUT2D eigenvalue weighted by Gasteiger charge is -2.15. The maximum atomic E-state index is 10.5. The van der Waals surface area contributed by atoms with Gasteiger partial charge in [-0.1, -0.05) is 0 Å². The van der Waals surface area contributed by atoms with Gasteiger partial charge in [0, 0.05) is 15.8 Å². The molecule has 6 heteroatoms. The Morgan fingerprint density at radius 3 is 2.84 bits per heavy atom. The van der Waals surface area contributed by atoms with Crippen LogP contribution in [0.3, 0.4) is 0 Å². The molecule has 1 aliphatic heterocycles. The molecule has 0 saturated carbocycles. The van der Waals surface area contributed by atoms with Crippen molar-refractivity contribution in [3.05, 3.63) is 21.9 Å². The molecule has 19 heavy (non-hydrogen) atoms. The molecule has 0 radical (unpaired) electrons. The lowest BCUT2D eigenvalue weighted by Crippen LogP contribution is -3.10. The summed E-state index contributed by atoms with van der Waals surface area (Å²) in [6.07, 6.45) is 7.08. The van der Waals surface area contributed by atoms with Gasteiger partial charge in [-0.15, -0.1) is 11.3 Å². The Bertz CT molecular complexity index is 436. The number of thiophene rings is 1. The van der Waals surface area contributed by atoms with Gasteiger partial charge in [-0.25, -0.2) is 10.2 Å². The van der Waals surface area contributed by atoms with Gasteiger partial charge in [0.2, 0.25) is 0 Å². The maximum absolute atomic E-state index is 10.5. The van der Waals surface area contributed by atoms with E-state index in [1.165, 1.54) is 44.3 Å². The molecule has 5 nitrogen and oxygen atoms in total. The number of nitrogens with zero attached hydrogens (tertiary/aromatic N) is 1. The molecule has 104 valence electrons. The number of hydrogen-bond donors (Lipinski definition) is 3. The minimum absolute atomic E-state index is 0.637. The van der Waals surface area contributed by atoms with Gasteiger partial charge < -0.3 is 10.6 Å². The fourth-order valence-corrected chi connectivity index (χ4v) is 3.18. The van der Waals surface area contributed by atoms with Crippen LogP contribution in [0.4, 0.5) is 4.79 Å². The normalized spacial score (nSPS) is 17.5. The standard InChI is InChI=1S/C13H20N4OS/c14-13(18)16-15-8-12-7-11(10-19-12)9-17-5-3-1-2-4-6-17/h7-8,10H,1-6,9H2,(H3,14,16,18)/p+1/b15-8-. The second kappa shape index (κ2) is 7.25. The van der Waals surface area contributed by atoms with E-state index in [-0.39, 0.29) is 0 Å². The zero-order valence-electron chi connectivity index (χ0n) is 11.0. The fraction of sp³-hybridized carbons (Fsp3) is 0.538. The number of quaternary nitrogens is 1. The van der Waals surface area contributed by atoms with Crippen LogP contribution in [0.25, 0.3) is 0 Å². The van der Waals surface area contributed by atoms with Crippen LogP contribution >= 0.6 is 11.3 Å². The van der Waals surface area contributed by atoms with Crippen molar-refractivity contribution >= 4 is 23.6 Å². The number of hydrogen-bond acceptors (Lipinski definition) is 3. The number of primary amides is 1. The summed E-state index contributed by atoms with van der Waals surface area (Å²) in [6, 6.07) is 1.50. The number of carbonyl (C=O) groups excluding carboxylic acids is 1. The molecule has 1 aliphatic rings. The minimum Gasteiger partial charge on any atom is -0.350 e. The molecule has 2 rings (SSSR count). The predicted octanol–water partition coefficient (Wildman–Crippen LogP) is 0.709. The average Bonchev–Trinajstić information content (AvgIpc) is 2.65. The van der Waals surface area contributed by atoms with Crippen molar-refractivity contribution < 1.29 is 9.69 Å². The molecule has 4 N–H and O–H groups in total. The number of hydrazone groups is 1. The lowest BCUT2D eigenvalue weighted by atomic mass is 10.2. The quantitative estimate of drug-likeness (QED) is 0.552. The Morgan fingerprint density at radius 1 is 1.42 bits per heavy atom. The van der Waals surface area contributed by atoms with Crippen molar-refractivity contribution in [1.82, 2.24) is 5.43 Å². The number of rotatable bonds is 4. The number of nitrogens with two attached hydrogens (primary N) is 1. The van der Waals surface area contributed by atoms with Crippen molar-refractivity contribution in [1.29, 1.82) is 0 Å². The van der Waals surface area contributed by atoms with Crippen LogP contribution in [-0.4, -0.2) is 25.3 Å². The van der Waals surface area contributed by atoms with E-state index in [0.29, 0.717) is 0 Å². The maximum Gasteiger partial charge on any atom is 0.332 e. The van der Waals surface area contributed by atoms with Gasteiger partial charge in [-0.2, -0.15) is 5.10 Å². The van der Waals surface area contributed by atoms with Crippen LogP contribution in [0.2, 0.25) is 0 Å². The first kappa shape index (κ1) is 14.0. The Hall–Kier alpha value is -1.40. The van der Waals surface area contributed by atoms with Gasteiger partial charge in [0.15, 0.2) is 0 Å². The van der Waals surface area contributed by atoms with Gasteiger partial charge in [0.1, 0.15) is 6.54 Å². The SMILES string of the molecule is NC(=O)N/N=C\c1cc(C[NH+]2CCCCCC2)cs1. The third-order valence-electron chi connectivity index (χ3n) is 3.31. The molecule has 0 aromatic carbocycles. The van der Waals surface area contributed by atoms with Crippen LogP contribution in [-0.2, 0) is 6.54 Å². The second-order valence-electron chi connectivity index (χ2n) is 4.93. The van der Waals surface area contributed by atoms with Crippen LogP contribution in [0, 0.1) is 0 Å². The number of urea groups is 1. The summed E-state index contributed by atoms with van der Waals surface area (Å²) in [7, 11) is 0. The highest BCUT2D eigenvalue weighted by molar-refractivity contribution is 7.11. The van der Waals surface area contributed by atoms with E-state index in [1.54, 1.807) is 22.5 Å². The molecule has 0 spiro atoms. The van der Waals surface area contributed by atoms with Gasteiger partial charge in [0.05, 0.1) is 19.3 Å². The Kier molecular flexibility index (Phi) is 5.35. The first-order chi connectivity index (χ1) is 9.24. The zero-order valence-corrected chi connectivity index (χ0v) is 11.8. The first-order valence-corrected chi connectivity index (χ1v) is 7.61. The summed E-state index contributed by atoms with van der Waals surface area (Å²) >= 11 is 1.64. The largest absolute Gasteiger partial charge is 0.350 e. The van der Waals surface area contributed by atoms with E-state index < -0.39 is 6.03 Å². The van der Waals surface area contributed by atoms with Gasteiger partial charge in [0.25, 0.3) is 0 Å². The highest BCUT2D eigenvalue weighted by atomic mass is 32.1. The average molecular weight is 281 g/mol. The van der Waals surface area contributed by atoms with Crippen LogP contribution in [0.1, 0.15) is 36.1 Å². The zero-order chi connectivity index (χ0) is 13.5. The van der Waals surface area contributed by atoms with E-state index in [2.05, 4.69) is 22.0 Å². The van der Waals surface area contributed by atoms with E-state index in [9.17, 15) is 4.79 Å². The van der Waals surface area contributed by atoms with Crippen LogP contribution in [0.15, 0.2) is 16.5 Å². The molecule has 1 aromatic heterocycles. The summed E-state index contributed by atoms with van der Waals surface area (Å²) in [5.74, 6) is 0. The van der Waals surface area contributed by atoms with E-state index in [4.69, 9.17) is 5.73 Å². The number of likely N-dealkylation sites (tertiary alicyclic amines) is 1. The first-order valence-electron chi connectivity index (χ1n) is 6.73. The second-order valence-corrected chi connectivity index (χ2v) is 5.88. The molecule has 0 atom stereocenters. The monoisotopic (exact) mass is 281 g/mol. The number of amides is 2. The fourth-order valence-electron chi connectivity index (χ4n) is 2.41. The molecule has 0 aliphatic carbocycles. The van der Waals surface area contributed by atoms with Gasteiger partial charge in [-0.05, 0) is 31.7 Å². The molecule has 1 aromatic rings. The third kappa shape index (κ3) is 5.00. The third-order valence-corrected chi connectivity index (χ3v) is 4.22. The van der Waals surface area contributed by atoms with Crippen LogP contribution < -0.4 is 16.1 Å². The molecule has 1 saturated heterocycles. The van der Waals surface area contributed by atoms with Crippen LogP contribution in [0.5, 0.6) is 0 Å². The van der Waals surface area contributed by atoms with Crippen molar-refractivity contribution in [3.63, 3.8) is 0 Å². The Labute approximate surface area is 117 Å². The molecule has 0 unspecified atom stereocenters. The summed E-state index contributed by atoms with van der Waals surface area (Å²) in [4.78, 5) is 13.2. The smallest absolute Gasteiger partial charge is 0.332 e. The topological polar surface area (TPSA) is 71.9 Å². The predicted molar refractivity (Wildman–Crippen MR) is 77.5 cm³/mol. The van der Waals surface area contributed by atoms with Crippen molar-refractivity contribution in [2.24, 2.45) is 10.8 Å². The minimum atomic E-state index is -0.637. The van der Waals surface area contributed by atoms with E-state index in [0.717, 1.165) is 11.4 Å². The summed E-state index contributed by atoms with van der Waals surface area (Å²) in [6.45, 7) is 3.65. The van der Waals surface area contributed by atoms with Gasteiger partial charge >= 0.3 is 6.03 Å². The number of carbonyl (C=O) groups is 1. The summed E-state index contributed by atoms with van der Waals surface area (Å²) < 4.78 is 0. The highest BCUT2D eigenvalue weighted by Gasteiger charge is 2.13. The molecular weight excluding hydrogens is 260 g/mol.